The van der Waals surface area contributed by atoms with E-state index in [0.29, 0.717) is 0 Å². The molecule has 1 rings (SSSR count). The van der Waals surface area contributed by atoms with Crippen molar-refractivity contribution in [2.24, 2.45) is 0 Å². The number of hydrogen-bond acceptors (Lipinski definition) is 1. The van der Waals surface area contributed by atoms with Crippen LogP contribution >= 0.6 is 0 Å². The summed E-state index contributed by atoms with van der Waals surface area (Å²) in [5.74, 6) is 0.984. The van der Waals surface area contributed by atoms with E-state index in [1.807, 2.05) is 12.1 Å². The minimum absolute atomic E-state index is 0.984. The SMILES string of the molecule is CCc1cccc([O][Sn])c1. The Kier molecular flexibility index (Phi) is 3.06. The zero-order valence-electron chi connectivity index (χ0n) is 5.92. The Morgan fingerprint density at radius 2 is 2.30 bits per heavy atom. The number of rotatable bonds is 2. The summed E-state index contributed by atoms with van der Waals surface area (Å²) in [5, 5.41) is 0. The van der Waals surface area contributed by atoms with Crippen molar-refractivity contribution in [3.8, 4) is 5.75 Å². The normalized spacial score (nSPS) is 9.40. The molecule has 51 valence electrons. The van der Waals surface area contributed by atoms with Crippen molar-refractivity contribution in [2.45, 2.75) is 13.3 Å². The van der Waals surface area contributed by atoms with Gasteiger partial charge in [-0.15, -0.1) is 0 Å². The Hall–Kier alpha value is -0.181. The van der Waals surface area contributed by atoms with Gasteiger partial charge in [0.25, 0.3) is 0 Å². The Morgan fingerprint density at radius 1 is 1.50 bits per heavy atom. The van der Waals surface area contributed by atoms with Gasteiger partial charge in [0.2, 0.25) is 0 Å². The first-order chi connectivity index (χ1) is 4.86. The fraction of sp³-hybridized carbons (Fsp3) is 0.250. The Morgan fingerprint density at radius 3 is 2.90 bits per heavy atom. The van der Waals surface area contributed by atoms with Gasteiger partial charge in [-0.1, -0.05) is 0 Å². The molecule has 0 atom stereocenters. The van der Waals surface area contributed by atoms with Crippen molar-refractivity contribution >= 4 is 22.9 Å². The molecular weight excluding hydrogens is 231 g/mol. The fourth-order valence-corrected chi connectivity index (χ4v) is 1.19. The molecule has 0 aliphatic rings. The van der Waals surface area contributed by atoms with E-state index in [4.69, 9.17) is 3.07 Å². The molecule has 0 amide bonds. The van der Waals surface area contributed by atoms with Crippen molar-refractivity contribution < 1.29 is 3.07 Å². The van der Waals surface area contributed by atoms with Crippen molar-refractivity contribution in [3.63, 3.8) is 0 Å². The molecule has 2 heteroatoms. The summed E-state index contributed by atoms with van der Waals surface area (Å²) in [6.07, 6.45) is 1.08. The zero-order valence-corrected chi connectivity index (χ0v) is 8.78. The Labute approximate surface area is 75.0 Å². The zero-order chi connectivity index (χ0) is 7.40. The van der Waals surface area contributed by atoms with Gasteiger partial charge in [-0.25, -0.2) is 0 Å². The van der Waals surface area contributed by atoms with E-state index in [1.54, 1.807) is 0 Å². The van der Waals surface area contributed by atoms with Crippen LogP contribution in [-0.2, 0) is 6.42 Å². The summed E-state index contributed by atoms with van der Waals surface area (Å²) >= 11 is 1.10. The molecule has 0 heterocycles. The molecule has 0 aliphatic carbocycles. The standard InChI is InChI=1S/C8H10O.Sn/c1-2-7-4-3-5-8(9)6-7;/h3-6,9H,2H2,1H3;/q;+1/p-1. The quantitative estimate of drug-likeness (QED) is 0.715. The van der Waals surface area contributed by atoms with Gasteiger partial charge in [-0.05, 0) is 0 Å². The van der Waals surface area contributed by atoms with Crippen LogP contribution in [0.4, 0.5) is 0 Å². The second-order valence-corrected chi connectivity index (χ2v) is 2.69. The molecule has 1 aromatic carbocycles. The third-order valence-electron chi connectivity index (χ3n) is 1.42. The summed E-state index contributed by atoms with van der Waals surface area (Å²) in [6, 6.07) is 8.19. The predicted octanol–water partition coefficient (Wildman–Crippen LogP) is 1.71. The van der Waals surface area contributed by atoms with E-state index in [-0.39, 0.29) is 0 Å². The van der Waals surface area contributed by atoms with Crippen LogP contribution in [0, 0.1) is 0 Å². The predicted molar refractivity (Wildman–Crippen MR) is 42.2 cm³/mol. The molecule has 1 nitrogen and oxygen atoms in total. The first-order valence-corrected chi connectivity index (χ1v) is 4.46. The first-order valence-electron chi connectivity index (χ1n) is 3.29. The minimum atomic E-state index is 0.984. The van der Waals surface area contributed by atoms with E-state index < -0.39 is 0 Å². The molecule has 0 fully saturated rings. The molecule has 3 radical (unpaired) electrons. The van der Waals surface area contributed by atoms with E-state index >= 15 is 0 Å². The first kappa shape index (κ1) is 7.92. The number of hydrogen-bond donors (Lipinski definition) is 0. The van der Waals surface area contributed by atoms with Gasteiger partial charge >= 0.3 is 74.9 Å². The molecule has 0 bridgehead atoms. The van der Waals surface area contributed by atoms with Crippen LogP contribution in [0.25, 0.3) is 0 Å². The average molecular weight is 240 g/mol. The average Bonchev–Trinajstić information content (AvgIpc) is 2.05. The van der Waals surface area contributed by atoms with Gasteiger partial charge in [0.1, 0.15) is 0 Å². The van der Waals surface area contributed by atoms with Crippen LogP contribution < -0.4 is 3.07 Å². The van der Waals surface area contributed by atoms with Crippen molar-refractivity contribution in [1.29, 1.82) is 0 Å². The van der Waals surface area contributed by atoms with Crippen LogP contribution in [0.3, 0.4) is 0 Å². The second kappa shape index (κ2) is 3.86. The van der Waals surface area contributed by atoms with Gasteiger partial charge in [0, 0.05) is 0 Å². The summed E-state index contributed by atoms with van der Waals surface area (Å²) in [7, 11) is 0. The van der Waals surface area contributed by atoms with Gasteiger partial charge in [0.05, 0.1) is 0 Å². The molecule has 0 spiro atoms. The molecule has 0 saturated heterocycles. The Balaban J connectivity index is 2.87. The maximum atomic E-state index is 5.15. The number of benzene rings is 1. The van der Waals surface area contributed by atoms with Gasteiger partial charge in [-0.3, -0.25) is 0 Å². The summed E-state index contributed by atoms with van der Waals surface area (Å²) in [5.41, 5.74) is 1.33. The third-order valence-corrected chi connectivity index (χ3v) is 2.10. The van der Waals surface area contributed by atoms with Crippen molar-refractivity contribution in [2.75, 3.05) is 0 Å². The molecule has 0 N–H and O–H groups in total. The van der Waals surface area contributed by atoms with E-state index in [9.17, 15) is 0 Å². The van der Waals surface area contributed by atoms with Crippen LogP contribution in [0.5, 0.6) is 5.75 Å². The van der Waals surface area contributed by atoms with Crippen molar-refractivity contribution in [3.05, 3.63) is 29.8 Å². The summed E-state index contributed by atoms with van der Waals surface area (Å²) in [6.45, 7) is 2.14. The number of aryl methyl sites for hydroxylation is 1. The van der Waals surface area contributed by atoms with E-state index in [2.05, 4.69) is 19.1 Å². The van der Waals surface area contributed by atoms with Crippen LogP contribution in [0.15, 0.2) is 24.3 Å². The van der Waals surface area contributed by atoms with Crippen molar-refractivity contribution in [1.82, 2.24) is 0 Å². The Bertz CT molecular complexity index is 191. The third kappa shape index (κ3) is 1.90. The molecule has 1 aromatic rings. The molecule has 0 unspecified atom stereocenters. The monoisotopic (exact) mass is 241 g/mol. The molecule has 0 saturated carbocycles. The van der Waals surface area contributed by atoms with Gasteiger partial charge < -0.3 is 0 Å². The fourth-order valence-electron chi connectivity index (χ4n) is 0.829. The summed E-state index contributed by atoms with van der Waals surface area (Å²) in [4.78, 5) is 0. The van der Waals surface area contributed by atoms with Gasteiger partial charge in [-0.2, -0.15) is 0 Å². The van der Waals surface area contributed by atoms with Crippen LogP contribution in [0.1, 0.15) is 12.5 Å². The molecule has 0 aliphatic heterocycles. The molecule has 0 aromatic heterocycles. The van der Waals surface area contributed by atoms with Crippen LogP contribution in [-0.4, -0.2) is 22.9 Å². The topological polar surface area (TPSA) is 9.23 Å². The van der Waals surface area contributed by atoms with Crippen LogP contribution in [0.2, 0.25) is 0 Å². The molecule has 10 heavy (non-hydrogen) atoms. The summed E-state index contributed by atoms with van der Waals surface area (Å²) < 4.78 is 5.15. The van der Waals surface area contributed by atoms with E-state index in [1.165, 1.54) is 5.56 Å². The van der Waals surface area contributed by atoms with Gasteiger partial charge in [0.15, 0.2) is 0 Å². The van der Waals surface area contributed by atoms with E-state index in [0.717, 1.165) is 35.1 Å². The maximum absolute atomic E-state index is 5.15. The second-order valence-electron chi connectivity index (χ2n) is 2.10. The molecular formula is C8H9OSn.